The third-order valence-corrected chi connectivity index (χ3v) is 7.03. The number of carbonyl (C=O) groups excluding carboxylic acids is 1. The minimum atomic E-state index is -0.811. The van der Waals surface area contributed by atoms with Gasteiger partial charge in [-0.05, 0) is 98.4 Å². The molecule has 0 aromatic heterocycles. The fourth-order valence-electron chi connectivity index (χ4n) is 5.19. The standard InChI is InChI=1S/C26H28F2O2/c1-3-17-5-6-19-13-20(8-7-18(19)12-17)21-9-11-23(25(28)14-21)26(29)30-22-10-4-16(2)24(27)15-22/h3-4,9-11,14-15,17-20H,1,5-8,12-13H2,2H3. The Hall–Kier alpha value is -2.49. The van der Waals surface area contributed by atoms with Crippen molar-refractivity contribution in [1.29, 1.82) is 0 Å². The lowest BCUT2D eigenvalue weighted by Crippen LogP contribution is -2.30. The van der Waals surface area contributed by atoms with E-state index in [2.05, 4.69) is 12.7 Å². The van der Waals surface area contributed by atoms with Crippen molar-refractivity contribution in [1.82, 2.24) is 0 Å². The van der Waals surface area contributed by atoms with Gasteiger partial charge in [-0.3, -0.25) is 0 Å². The average molecular weight is 411 g/mol. The van der Waals surface area contributed by atoms with Gasteiger partial charge in [0, 0.05) is 6.07 Å². The minimum Gasteiger partial charge on any atom is -0.423 e. The molecule has 4 atom stereocenters. The van der Waals surface area contributed by atoms with Crippen LogP contribution >= 0.6 is 0 Å². The molecule has 0 saturated heterocycles. The molecule has 30 heavy (non-hydrogen) atoms. The number of rotatable bonds is 4. The van der Waals surface area contributed by atoms with E-state index in [0.29, 0.717) is 23.3 Å². The van der Waals surface area contributed by atoms with Crippen LogP contribution in [0.2, 0.25) is 0 Å². The molecule has 4 unspecified atom stereocenters. The first-order valence-electron chi connectivity index (χ1n) is 10.8. The monoisotopic (exact) mass is 410 g/mol. The number of carbonyl (C=O) groups is 1. The van der Waals surface area contributed by atoms with E-state index >= 15 is 0 Å². The van der Waals surface area contributed by atoms with Crippen molar-refractivity contribution in [3.63, 3.8) is 0 Å². The summed E-state index contributed by atoms with van der Waals surface area (Å²) in [4.78, 5) is 12.4. The van der Waals surface area contributed by atoms with Crippen molar-refractivity contribution in [2.24, 2.45) is 17.8 Å². The maximum atomic E-state index is 14.7. The average Bonchev–Trinajstić information content (AvgIpc) is 2.75. The van der Waals surface area contributed by atoms with Gasteiger partial charge in [-0.15, -0.1) is 6.58 Å². The van der Waals surface area contributed by atoms with Crippen LogP contribution in [-0.2, 0) is 0 Å². The number of allylic oxidation sites excluding steroid dienone is 1. The Morgan fingerprint density at radius 2 is 1.77 bits per heavy atom. The third-order valence-electron chi connectivity index (χ3n) is 7.03. The molecule has 4 rings (SSSR count). The number of halogens is 2. The van der Waals surface area contributed by atoms with Crippen LogP contribution in [0.25, 0.3) is 0 Å². The topological polar surface area (TPSA) is 26.3 Å². The summed E-state index contributed by atoms with van der Waals surface area (Å²) in [6.45, 7) is 5.58. The summed E-state index contributed by atoms with van der Waals surface area (Å²) in [5, 5.41) is 0. The van der Waals surface area contributed by atoms with Gasteiger partial charge in [0.15, 0.2) is 0 Å². The highest BCUT2D eigenvalue weighted by atomic mass is 19.1. The molecule has 4 heteroatoms. The summed E-state index contributed by atoms with van der Waals surface area (Å²) in [7, 11) is 0. The number of esters is 1. The maximum Gasteiger partial charge on any atom is 0.346 e. The first-order chi connectivity index (χ1) is 14.4. The Balaban J connectivity index is 1.43. The summed E-state index contributed by atoms with van der Waals surface area (Å²) in [5.41, 5.74) is 1.28. The van der Waals surface area contributed by atoms with Crippen molar-refractivity contribution in [3.05, 3.63) is 77.4 Å². The molecular weight excluding hydrogens is 382 g/mol. The van der Waals surface area contributed by atoms with E-state index < -0.39 is 17.6 Å². The lowest BCUT2D eigenvalue weighted by atomic mass is 9.64. The van der Waals surface area contributed by atoms with Crippen LogP contribution in [0.1, 0.15) is 65.9 Å². The summed E-state index contributed by atoms with van der Waals surface area (Å²) >= 11 is 0. The van der Waals surface area contributed by atoms with Crippen LogP contribution in [0.4, 0.5) is 8.78 Å². The smallest absolute Gasteiger partial charge is 0.346 e. The highest BCUT2D eigenvalue weighted by molar-refractivity contribution is 5.91. The van der Waals surface area contributed by atoms with Gasteiger partial charge in [0.25, 0.3) is 0 Å². The van der Waals surface area contributed by atoms with Crippen LogP contribution in [0, 0.1) is 36.3 Å². The Morgan fingerprint density at radius 1 is 1.00 bits per heavy atom. The van der Waals surface area contributed by atoms with Gasteiger partial charge in [0.2, 0.25) is 0 Å². The molecule has 2 aliphatic rings. The highest BCUT2D eigenvalue weighted by Crippen LogP contribution is 2.47. The highest BCUT2D eigenvalue weighted by Gasteiger charge is 2.35. The molecule has 0 N–H and O–H groups in total. The fourth-order valence-corrected chi connectivity index (χ4v) is 5.19. The number of ether oxygens (including phenoxy) is 1. The first-order valence-corrected chi connectivity index (χ1v) is 10.8. The molecule has 2 aromatic carbocycles. The zero-order valence-electron chi connectivity index (χ0n) is 17.4. The first kappa shape index (κ1) is 20.8. The molecule has 0 radical (unpaired) electrons. The lowest BCUT2D eigenvalue weighted by molar-refractivity contribution is 0.0729. The second-order valence-electron chi connectivity index (χ2n) is 8.88. The summed E-state index contributed by atoms with van der Waals surface area (Å²) < 4.78 is 33.6. The van der Waals surface area contributed by atoms with Crippen molar-refractivity contribution in [3.8, 4) is 5.75 Å². The summed E-state index contributed by atoms with van der Waals surface area (Å²) in [6.07, 6.45) is 9.06. The predicted octanol–water partition coefficient (Wildman–Crippen LogP) is 6.98. The number of hydrogen-bond donors (Lipinski definition) is 0. The molecule has 0 spiro atoms. The molecule has 0 amide bonds. The zero-order chi connectivity index (χ0) is 21.3. The Bertz CT molecular complexity index is 952. The van der Waals surface area contributed by atoms with Gasteiger partial charge in [0.05, 0.1) is 5.56 Å². The Kier molecular flexibility index (Phi) is 6.03. The summed E-state index contributed by atoms with van der Waals surface area (Å²) in [6, 6.07) is 8.98. The van der Waals surface area contributed by atoms with Crippen LogP contribution in [0.15, 0.2) is 49.1 Å². The van der Waals surface area contributed by atoms with E-state index in [1.807, 2.05) is 6.07 Å². The normalized spacial score (nSPS) is 26.0. The predicted molar refractivity (Wildman–Crippen MR) is 114 cm³/mol. The van der Waals surface area contributed by atoms with Gasteiger partial charge in [0.1, 0.15) is 17.4 Å². The van der Waals surface area contributed by atoms with Gasteiger partial charge >= 0.3 is 5.97 Å². The van der Waals surface area contributed by atoms with E-state index in [4.69, 9.17) is 4.74 Å². The van der Waals surface area contributed by atoms with Crippen LogP contribution in [0.5, 0.6) is 5.75 Å². The molecule has 2 saturated carbocycles. The van der Waals surface area contributed by atoms with Gasteiger partial charge in [-0.25, -0.2) is 13.6 Å². The van der Waals surface area contributed by atoms with Crippen molar-refractivity contribution in [2.75, 3.05) is 0 Å². The SMILES string of the molecule is C=CC1CCC2CC(c3ccc(C(=O)Oc4ccc(C)c(F)c4)c(F)c3)CCC2C1. The van der Waals surface area contributed by atoms with Gasteiger partial charge < -0.3 is 4.74 Å². The molecule has 0 aliphatic heterocycles. The molecule has 2 fully saturated rings. The van der Waals surface area contributed by atoms with Gasteiger partial charge in [-0.1, -0.05) is 18.2 Å². The minimum absolute atomic E-state index is 0.0695. The van der Waals surface area contributed by atoms with E-state index in [-0.39, 0.29) is 11.3 Å². The van der Waals surface area contributed by atoms with Crippen molar-refractivity contribution in [2.45, 2.75) is 51.4 Å². The van der Waals surface area contributed by atoms with E-state index in [0.717, 1.165) is 30.4 Å². The second-order valence-corrected chi connectivity index (χ2v) is 8.88. The van der Waals surface area contributed by atoms with E-state index in [9.17, 15) is 13.6 Å². The zero-order valence-corrected chi connectivity index (χ0v) is 17.4. The summed E-state index contributed by atoms with van der Waals surface area (Å²) in [5.74, 6) is 0.645. The largest absolute Gasteiger partial charge is 0.423 e. The molecule has 158 valence electrons. The molecule has 2 aliphatic carbocycles. The maximum absolute atomic E-state index is 14.7. The lowest BCUT2D eigenvalue weighted by Gasteiger charge is -2.41. The van der Waals surface area contributed by atoms with Crippen LogP contribution in [0.3, 0.4) is 0 Å². The number of aryl methyl sites for hydroxylation is 1. The van der Waals surface area contributed by atoms with E-state index in [1.165, 1.54) is 49.9 Å². The second kappa shape index (κ2) is 8.71. The number of hydrogen-bond acceptors (Lipinski definition) is 2. The van der Waals surface area contributed by atoms with Crippen LogP contribution < -0.4 is 4.74 Å². The van der Waals surface area contributed by atoms with Crippen LogP contribution in [-0.4, -0.2) is 5.97 Å². The molecular formula is C26H28F2O2. The van der Waals surface area contributed by atoms with Gasteiger partial charge in [-0.2, -0.15) is 0 Å². The Labute approximate surface area is 177 Å². The number of fused-ring (bicyclic) bond motifs is 1. The Morgan fingerprint density at radius 3 is 2.50 bits per heavy atom. The molecule has 0 bridgehead atoms. The van der Waals surface area contributed by atoms with Crippen molar-refractivity contribution < 1.29 is 18.3 Å². The quantitative estimate of drug-likeness (QED) is 0.309. The van der Waals surface area contributed by atoms with E-state index in [1.54, 1.807) is 6.92 Å². The third kappa shape index (κ3) is 4.33. The molecule has 2 nitrogen and oxygen atoms in total. The molecule has 0 heterocycles. The fraction of sp³-hybridized carbons (Fsp3) is 0.423. The molecule has 2 aromatic rings. The number of benzene rings is 2. The van der Waals surface area contributed by atoms with Crippen molar-refractivity contribution >= 4 is 5.97 Å².